The summed E-state index contributed by atoms with van der Waals surface area (Å²) in [6, 6.07) is 0. The summed E-state index contributed by atoms with van der Waals surface area (Å²) in [5.74, 6) is 0. The van der Waals surface area contributed by atoms with Gasteiger partial charge < -0.3 is 0 Å². The second-order valence-electron chi connectivity index (χ2n) is 3.53. The van der Waals surface area contributed by atoms with E-state index in [0.29, 0.717) is 0 Å². The first-order valence-electron chi connectivity index (χ1n) is 5.76. The molecule has 0 aromatic heterocycles. The van der Waals surface area contributed by atoms with Gasteiger partial charge in [-0.2, -0.15) is 8.42 Å². The lowest BCUT2D eigenvalue weighted by Gasteiger charge is -1.95. The van der Waals surface area contributed by atoms with Crippen molar-refractivity contribution in [1.29, 1.82) is 0 Å². The monoisotopic (exact) mass is 252 g/mol. The van der Waals surface area contributed by atoms with Gasteiger partial charge in [0.2, 0.25) is 0 Å². The van der Waals surface area contributed by atoms with Crippen molar-refractivity contribution >= 4 is 10.4 Å². The SMILES string of the molecule is CCC=CCCCCCCC.O=S(=O)(O)O. The molecule has 0 saturated heterocycles. The van der Waals surface area contributed by atoms with Crippen molar-refractivity contribution in [2.75, 3.05) is 0 Å². The van der Waals surface area contributed by atoms with Gasteiger partial charge in [0.1, 0.15) is 0 Å². The fourth-order valence-corrected chi connectivity index (χ4v) is 1.15. The third-order valence-electron chi connectivity index (χ3n) is 1.88. The fraction of sp³-hybridized carbons (Fsp3) is 0.818. The molecule has 0 amide bonds. The molecule has 0 heterocycles. The van der Waals surface area contributed by atoms with E-state index in [1.807, 2.05) is 0 Å². The van der Waals surface area contributed by atoms with Crippen LogP contribution in [0.4, 0.5) is 0 Å². The van der Waals surface area contributed by atoms with Gasteiger partial charge in [0.25, 0.3) is 0 Å². The minimum atomic E-state index is -4.67. The Hall–Kier alpha value is -0.390. The summed E-state index contributed by atoms with van der Waals surface area (Å²) >= 11 is 0. The molecule has 2 N–H and O–H groups in total. The lowest BCUT2D eigenvalue weighted by molar-refractivity contribution is 0.381. The first-order valence-corrected chi connectivity index (χ1v) is 7.16. The zero-order valence-corrected chi connectivity index (χ0v) is 11.0. The number of hydrogen-bond donors (Lipinski definition) is 2. The second-order valence-corrected chi connectivity index (χ2v) is 4.43. The summed E-state index contributed by atoms with van der Waals surface area (Å²) < 4.78 is 31.6. The molecule has 0 radical (unpaired) electrons. The molecule has 0 aliphatic carbocycles. The van der Waals surface area contributed by atoms with E-state index in [9.17, 15) is 0 Å². The standard InChI is InChI=1S/C11H22.H2O4S/c1-3-5-7-9-11-10-8-6-4-2;1-5(2,3)4/h5,7H,3-4,6,8-11H2,1-2H3;(H2,1,2,3,4). The highest BCUT2D eigenvalue weighted by Crippen LogP contribution is 2.05. The van der Waals surface area contributed by atoms with E-state index in [2.05, 4.69) is 26.0 Å². The molecule has 0 saturated carbocycles. The van der Waals surface area contributed by atoms with E-state index in [1.54, 1.807) is 0 Å². The van der Waals surface area contributed by atoms with Gasteiger partial charge in [-0.05, 0) is 19.3 Å². The zero-order chi connectivity index (χ0) is 12.9. The Kier molecular flexibility index (Phi) is 14.3. The Morgan fingerprint density at radius 3 is 1.88 bits per heavy atom. The van der Waals surface area contributed by atoms with Crippen molar-refractivity contribution in [2.24, 2.45) is 0 Å². The first kappa shape index (κ1) is 18.0. The summed E-state index contributed by atoms with van der Waals surface area (Å²) in [7, 11) is -4.67. The minimum absolute atomic E-state index is 1.19. The fourth-order valence-electron chi connectivity index (χ4n) is 1.15. The predicted molar refractivity (Wildman–Crippen MR) is 67.0 cm³/mol. The van der Waals surface area contributed by atoms with Gasteiger partial charge in [-0.3, -0.25) is 9.11 Å². The average molecular weight is 252 g/mol. The molecule has 0 unspecified atom stereocenters. The van der Waals surface area contributed by atoms with Crippen molar-refractivity contribution in [1.82, 2.24) is 0 Å². The normalized spacial score (nSPS) is 11.2. The smallest absolute Gasteiger partial charge is 0.264 e. The Bertz CT molecular complexity index is 237. The lowest BCUT2D eigenvalue weighted by Crippen LogP contribution is -1.89. The quantitative estimate of drug-likeness (QED) is 0.412. The van der Waals surface area contributed by atoms with Crippen LogP contribution < -0.4 is 0 Å². The molecular weight excluding hydrogens is 228 g/mol. The Labute approximate surface area is 99.3 Å². The molecule has 0 spiro atoms. The van der Waals surface area contributed by atoms with E-state index in [4.69, 9.17) is 17.5 Å². The summed E-state index contributed by atoms with van der Waals surface area (Å²) in [6.07, 6.45) is 14.1. The van der Waals surface area contributed by atoms with E-state index < -0.39 is 10.4 Å². The van der Waals surface area contributed by atoms with Crippen LogP contribution in [0.2, 0.25) is 0 Å². The first-order chi connectivity index (χ1) is 7.41. The average Bonchev–Trinajstić information content (AvgIpc) is 2.14. The molecule has 0 atom stereocenters. The van der Waals surface area contributed by atoms with Crippen LogP contribution in [0.3, 0.4) is 0 Å². The number of unbranched alkanes of at least 4 members (excludes halogenated alkanes) is 5. The third-order valence-corrected chi connectivity index (χ3v) is 1.88. The molecule has 0 rings (SSSR count). The number of rotatable bonds is 7. The highest BCUT2D eigenvalue weighted by Gasteiger charge is 1.85. The molecule has 98 valence electrons. The van der Waals surface area contributed by atoms with Crippen LogP contribution >= 0.6 is 0 Å². The van der Waals surface area contributed by atoms with Crippen LogP contribution in [0.5, 0.6) is 0 Å². The largest absolute Gasteiger partial charge is 0.394 e. The van der Waals surface area contributed by atoms with Gasteiger partial charge in [-0.25, -0.2) is 0 Å². The van der Waals surface area contributed by atoms with E-state index in [1.165, 1.54) is 44.9 Å². The van der Waals surface area contributed by atoms with Crippen molar-refractivity contribution in [2.45, 2.75) is 58.8 Å². The van der Waals surface area contributed by atoms with Crippen LogP contribution in [0, 0.1) is 0 Å². The maximum atomic E-state index is 8.74. The molecule has 0 aliphatic heterocycles. The summed E-state index contributed by atoms with van der Waals surface area (Å²) in [6.45, 7) is 4.45. The highest BCUT2D eigenvalue weighted by molar-refractivity contribution is 7.79. The number of allylic oxidation sites excluding steroid dienone is 2. The Morgan fingerprint density at radius 2 is 1.44 bits per heavy atom. The second kappa shape index (κ2) is 12.7. The molecule has 0 aromatic carbocycles. The molecular formula is C11H24O4S. The van der Waals surface area contributed by atoms with E-state index in [-0.39, 0.29) is 0 Å². The summed E-state index contributed by atoms with van der Waals surface area (Å²) in [5.41, 5.74) is 0. The topological polar surface area (TPSA) is 74.6 Å². The maximum absolute atomic E-state index is 8.74. The van der Waals surface area contributed by atoms with Crippen molar-refractivity contribution in [3.05, 3.63) is 12.2 Å². The van der Waals surface area contributed by atoms with Crippen LogP contribution in [-0.4, -0.2) is 17.5 Å². The van der Waals surface area contributed by atoms with Gasteiger partial charge in [-0.1, -0.05) is 51.7 Å². The van der Waals surface area contributed by atoms with Crippen LogP contribution in [0.25, 0.3) is 0 Å². The molecule has 16 heavy (non-hydrogen) atoms. The van der Waals surface area contributed by atoms with E-state index >= 15 is 0 Å². The van der Waals surface area contributed by atoms with Gasteiger partial charge in [-0.15, -0.1) is 0 Å². The van der Waals surface area contributed by atoms with E-state index in [0.717, 1.165) is 0 Å². The molecule has 0 aromatic rings. The maximum Gasteiger partial charge on any atom is 0.394 e. The molecule has 0 aliphatic rings. The lowest BCUT2D eigenvalue weighted by atomic mass is 10.1. The molecule has 4 nitrogen and oxygen atoms in total. The van der Waals surface area contributed by atoms with Gasteiger partial charge in [0, 0.05) is 0 Å². The molecule has 0 fully saturated rings. The Balaban J connectivity index is 0. The summed E-state index contributed by atoms with van der Waals surface area (Å²) in [4.78, 5) is 0. The third kappa shape index (κ3) is 37.4. The van der Waals surface area contributed by atoms with Crippen molar-refractivity contribution in [3.8, 4) is 0 Å². The molecule has 0 bridgehead atoms. The highest BCUT2D eigenvalue weighted by atomic mass is 32.3. The Morgan fingerprint density at radius 1 is 0.938 bits per heavy atom. The molecule has 5 heteroatoms. The van der Waals surface area contributed by atoms with Crippen LogP contribution in [-0.2, 0) is 10.4 Å². The predicted octanol–water partition coefficient (Wildman–Crippen LogP) is 3.66. The number of hydrogen-bond acceptors (Lipinski definition) is 2. The minimum Gasteiger partial charge on any atom is -0.264 e. The van der Waals surface area contributed by atoms with Crippen LogP contribution in [0.1, 0.15) is 58.8 Å². The van der Waals surface area contributed by atoms with Crippen molar-refractivity contribution < 1.29 is 17.5 Å². The van der Waals surface area contributed by atoms with Gasteiger partial charge in [0.15, 0.2) is 0 Å². The zero-order valence-electron chi connectivity index (χ0n) is 10.2. The van der Waals surface area contributed by atoms with Crippen molar-refractivity contribution in [3.63, 3.8) is 0 Å². The van der Waals surface area contributed by atoms with Crippen LogP contribution in [0.15, 0.2) is 12.2 Å². The summed E-state index contributed by atoms with van der Waals surface area (Å²) in [5, 5.41) is 0. The van der Waals surface area contributed by atoms with Gasteiger partial charge >= 0.3 is 10.4 Å². The van der Waals surface area contributed by atoms with Gasteiger partial charge in [0.05, 0.1) is 0 Å².